The zero-order chi connectivity index (χ0) is 18.9. The molecule has 130 valence electrons. The van der Waals surface area contributed by atoms with E-state index < -0.39 is 19.0 Å². The molecule has 0 bridgehead atoms. The normalized spacial score (nSPS) is 12.6. The van der Waals surface area contributed by atoms with Crippen molar-refractivity contribution in [1.29, 1.82) is 0 Å². The molecule has 0 aliphatic heterocycles. The van der Waals surface area contributed by atoms with Crippen molar-refractivity contribution in [2.24, 2.45) is 0 Å². The molecule has 4 heteroatoms. The van der Waals surface area contributed by atoms with Crippen LogP contribution in [0.1, 0.15) is 55.5 Å². The molecule has 2 rings (SSSR count). The maximum Gasteiger partial charge on any atom is 0.431 e. The van der Waals surface area contributed by atoms with Crippen LogP contribution >= 0.6 is 7.80 Å². The number of carbonyl (C=O) groups is 2. The third-order valence-electron chi connectivity index (χ3n) is 4.55. The Morgan fingerprint density at radius 2 is 1.32 bits per heavy atom. The quantitative estimate of drug-likeness (QED) is 0.528. The summed E-state index contributed by atoms with van der Waals surface area (Å²) in [4.78, 5) is 25.7. The highest BCUT2D eigenvalue weighted by Gasteiger charge is 2.43. The van der Waals surface area contributed by atoms with Gasteiger partial charge in [0.1, 0.15) is 0 Å². The average molecular weight is 355 g/mol. The summed E-state index contributed by atoms with van der Waals surface area (Å²) in [6.45, 7) is 10.9. The smallest absolute Gasteiger partial charge is 0.289 e. The molecule has 2 atom stereocenters. The minimum Gasteiger partial charge on any atom is -0.289 e. The molecular weight excluding hydrogens is 331 g/mol. The first-order valence-electron chi connectivity index (χ1n) is 8.34. The molecule has 3 nitrogen and oxygen atoms in total. The monoisotopic (exact) mass is 355 g/mol. The predicted octanol–water partition coefficient (Wildman–Crippen LogP) is 5.47. The molecule has 0 heterocycles. The van der Waals surface area contributed by atoms with Crippen molar-refractivity contribution in [3.63, 3.8) is 0 Å². The van der Waals surface area contributed by atoms with Crippen LogP contribution in [-0.4, -0.2) is 17.0 Å². The topological polar surface area (TPSA) is 51.2 Å². The van der Waals surface area contributed by atoms with Gasteiger partial charge >= 0.3 is 13.3 Å². The lowest BCUT2D eigenvalue weighted by Gasteiger charge is -2.09. The van der Waals surface area contributed by atoms with Crippen molar-refractivity contribution in [3.8, 4) is 0 Å². The van der Waals surface area contributed by atoms with Gasteiger partial charge in [-0.05, 0) is 63.8 Å². The first-order valence-corrected chi connectivity index (χ1v) is 9.67. The predicted molar refractivity (Wildman–Crippen MR) is 102 cm³/mol. The fourth-order valence-corrected chi connectivity index (χ4v) is 4.59. The molecule has 0 radical (unpaired) electrons. The minimum atomic E-state index is -2.35. The first-order chi connectivity index (χ1) is 11.6. The molecule has 0 saturated heterocycles. The van der Waals surface area contributed by atoms with Crippen molar-refractivity contribution in [2.45, 2.75) is 47.2 Å². The number of hydrogen-bond donors (Lipinski definition) is 0. The van der Waals surface area contributed by atoms with Gasteiger partial charge < -0.3 is 0 Å². The van der Waals surface area contributed by atoms with Gasteiger partial charge in [0.25, 0.3) is 0 Å². The largest absolute Gasteiger partial charge is 0.431 e. The van der Waals surface area contributed by atoms with Gasteiger partial charge in [0, 0.05) is 5.56 Å². The molecule has 0 amide bonds. The minimum absolute atomic E-state index is 0.229. The fourth-order valence-electron chi connectivity index (χ4n) is 3.32. The maximum absolute atomic E-state index is 12.9. The number of rotatable bonds is 5. The van der Waals surface area contributed by atoms with E-state index in [-0.39, 0.29) is 5.78 Å². The average Bonchev–Trinajstić information content (AvgIpc) is 2.52. The molecular formula is C21H24O3P+. The van der Waals surface area contributed by atoms with E-state index in [0.29, 0.717) is 11.1 Å². The van der Waals surface area contributed by atoms with Crippen molar-refractivity contribution in [2.75, 3.05) is 0 Å². The van der Waals surface area contributed by atoms with Gasteiger partial charge in [-0.25, -0.2) is 4.79 Å². The van der Waals surface area contributed by atoms with Gasteiger partial charge in [-0.2, -0.15) is 0 Å². The summed E-state index contributed by atoms with van der Waals surface area (Å²) < 4.78 is 12.8. The van der Waals surface area contributed by atoms with Crippen LogP contribution in [0.5, 0.6) is 0 Å². The second-order valence-electron chi connectivity index (χ2n) is 6.71. The van der Waals surface area contributed by atoms with E-state index in [1.165, 1.54) is 0 Å². The molecule has 0 fully saturated rings. The summed E-state index contributed by atoms with van der Waals surface area (Å²) in [5, 5.41) is 0. The van der Waals surface area contributed by atoms with Crippen LogP contribution in [0.25, 0.3) is 0 Å². The van der Waals surface area contributed by atoms with Gasteiger partial charge in [-0.15, -0.1) is 0 Å². The van der Waals surface area contributed by atoms with Gasteiger partial charge in [-0.3, -0.25) is 4.79 Å². The second kappa shape index (κ2) is 7.41. The van der Waals surface area contributed by atoms with E-state index in [9.17, 15) is 14.2 Å². The third-order valence-corrected chi connectivity index (χ3v) is 6.11. The molecule has 0 aliphatic rings. The number of Topliss-reactive ketones (excluding diaryl/α,β-unsaturated/α-hetero) is 1. The zero-order valence-electron chi connectivity index (χ0n) is 15.6. The Labute approximate surface area is 150 Å². The highest BCUT2D eigenvalue weighted by atomic mass is 31.1. The Kier molecular flexibility index (Phi) is 5.69. The highest BCUT2D eigenvalue weighted by molar-refractivity contribution is 7.66. The lowest BCUT2D eigenvalue weighted by atomic mass is 9.98. The van der Waals surface area contributed by atoms with Crippen molar-refractivity contribution < 1.29 is 14.2 Å². The van der Waals surface area contributed by atoms with Crippen molar-refractivity contribution >= 4 is 19.1 Å². The lowest BCUT2D eigenvalue weighted by Crippen LogP contribution is -2.19. The second-order valence-corrected chi connectivity index (χ2v) is 8.54. The van der Waals surface area contributed by atoms with Crippen LogP contribution < -0.4 is 0 Å². The third kappa shape index (κ3) is 3.77. The Hall–Kier alpha value is -2.12. The summed E-state index contributed by atoms with van der Waals surface area (Å²) in [6.07, 6.45) is 0. The number of ketones is 1. The molecule has 0 N–H and O–H groups in total. The molecule has 0 spiro atoms. The summed E-state index contributed by atoms with van der Waals surface area (Å²) in [5.41, 5.74) is 4.12. The SMILES string of the molecule is Cc1cc(C)c(C(=O)[P+](=O)C(C)C(=O)c2c(C)cccc2C)c(C)c1. The van der Waals surface area contributed by atoms with E-state index in [1.54, 1.807) is 6.92 Å². The van der Waals surface area contributed by atoms with Crippen LogP contribution in [0.4, 0.5) is 0 Å². The molecule has 0 aromatic heterocycles. The van der Waals surface area contributed by atoms with Gasteiger partial charge in [0.2, 0.25) is 11.4 Å². The number of benzene rings is 2. The Bertz CT molecular complexity index is 837. The summed E-state index contributed by atoms with van der Waals surface area (Å²) in [7, 11) is -2.35. The van der Waals surface area contributed by atoms with Crippen LogP contribution in [0.15, 0.2) is 30.3 Å². The Balaban J connectivity index is 2.37. The molecule has 0 aliphatic carbocycles. The molecule has 0 saturated carbocycles. The van der Waals surface area contributed by atoms with E-state index >= 15 is 0 Å². The summed E-state index contributed by atoms with van der Waals surface area (Å²) in [6, 6.07) is 9.41. The van der Waals surface area contributed by atoms with Crippen LogP contribution in [0, 0.1) is 34.6 Å². The number of aryl methyl sites for hydroxylation is 5. The van der Waals surface area contributed by atoms with Crippen LogP contribution in [0.3, 0.4) is 0 Å². The first kappa shape index (κ1) is 19.2. The number of carbonyl (C=O) groups excluding carboxylic acids is 2. The molecule has 2 aromatic rings. The standard InChI is InChI=1S/C21H24O3P/c1-12-10-15(4)19(16(5)11-12)21(23)25(24)17(6)20(22)18-13(2)8-7-9-14(18)3/h7-11,17H,1-6H3/q+1. The van der Waals surface area contributed by atoms with E-state index in [2.05, 4.69) is 0 Å². The van der Waals surface area contributed by atoms with Gasteiger partial charge in [-0.1, -0.05) is 40.5 Å². The summed E-state index contributed by atoms with van der Waals surface area (Å²) in [5.74, 6) is -0.229. The van der Waals surface area contributed by atoms with E-state index in [0.717, 1.165) is 27.8 Å². The Morgan fingerprint density at radius 1 is 0.840 bits per heavy atom. The molecule has 2 aromatic carbocycles. The van der Waals surface area contributed by atoms with E-state index in [1.807, 2.05) is 65.0 Å². The van der Waals surface area contributed by atoms with Crippen molar-refractivity contribution in [1.82, 2.24) is 0 Å². The van der Waals surface area contributed by atoms with Crippen LogP contribution in [0.2, 0.25) is 0 Å². The molecule has 25 heavy (non-hydrogen) atoms. The lowest BCUT2D eigenvalue weighted by molar-refractivity contribution is 0.0981. The van der Waals surface area contributed by atoms with Gasteiger partial charge in [0.05, 0.1) is 5.56 Å². The summed E-state index contributed by atoms with van der Waals surface area (Å²) >= 11 is 0. The Morgan fingerprint density at radius 3 is 1.80 bits per heavy atom. The van der Waals surface area contributed by atoms with Crippen LogP contribution in [-0.2, 0) is 4.57 Å². The fraction of sp³-hybridized carbons (Fsp3) is 0.333. The van der Waals surface area contributed by atoms with Crippen molar-refractivity contribution in [3.05, 3.63) is 69.3 Å². The zero-order valence-corrected chi connectivity index (χ0v) is 16.5. The number of hydrogen-bond acceptors (Lipinski definition) is 3. The van der Waals surface area contributed by atoms with Gasteiger partial charge in [0.15, 0.2) is 0 Å². The maximum atomic E-state index is 12.9. The molecule has 2 unspecified atom stereocenters. The van der Waals surface area contributed by atoms with E-state index in [4.69, 9.17) is 0 Å². The highest BCUT2D eigenvalue weighted by Crippen LogP contribution is 2.37.